The van der Waals surface area contributed by atoms with Crippen LogP contribution in [0.5, 0.6) is 17.2 Å². The van der Waals surface area contributed by atoms with Gasteiger partial charge in [-0.2, -0.15) is 5.10 Å². The standard InChI is InChI=1S/C34H31ClIN3O5/c1-4-41-32-18-25(17-30(36)33(32)43-20-24-7-9-26(35)10-8-24)19-37-38-34(40)31-16-15-29(44-31)21-42-28-13-11-27(12-14-28)39-22(2)5-6-23(39)3/h5-19H,4,20-21H2,1-3H3,(H,38,40)/b37-19+. The predicted molar refractivity (Wildman–Crippen MR) is 179 cm³/mol. The Balaban J connectivity index is 1.15. The highest BCUT2D eigenvalue weighted by molar-refractivity contribution is 14.1. The van der Waals surface area contributed by atoms with Crippen LogP contribution in [-0.2, 0) is 13.2 Å². The highest BCUT2D eigenvalue weighted by Gasteiger charge is 2.14. The molecule has 0 radical (unpaired) electrons. The number of amides is 1. The lowest BCUT2D eigenvalue weighted by molar-refractivity contribution is 0.0923. The third-order valence-electron chi connectivity index (χ3n) is 6.64. The Labute approximate surface area is 274 Å². The van der Waals surface area contributed by atoms with Crippen LogP contribution in [-0.4, -0.2) is 23.3 Å². The first-order valence-corrected chi connectivity index (χ1v) is 15.4. The normalized spacial score (nSPS) is 11.1. The molecule has 0 aliphatic carbocycles. The number of furan rings is 1. The smallest absolute Gasteiger partial charge is 0.307 e. The molecule has 10 heteroatoms. The number of nitrogens with one attached hydrogen (secondary N) is 1. The minimum absolute atomic E-state index is 0.130. The molecule has 0 aliphatic heterocycles. The summed E-state index contributed by atoms with van der Waals surface area (Å²) in [5.41, 5.74) is 7.63. The second kappa shape index (κ2) is 14.5. The second-order valence-corrected chi connectivity index (χ2v) is 11.5. The molecule has 0 saturated carbocycles. The molecule has 8 nitrogen and oxygen atoms in total. The van der Waals surface area contributed by atoms with Gasteiger partial charge in [0, 0.05) is 22.1 Å². The van der Waals surface area contributed by atoms with Gasteiger partial charge in [0.05, 0.1) is 16.4 Å². The zero-order chi connectivity index (χ0) is 31.1. The summed E-state index contributed by atoms with van der Waals surface area (Å²) in [5, 5.41) is 4.78. The third kappa shape index (κ3) is 7.83. The van der Waals surface area contributed by atoms with Crippen molar-refractivity contribution in [2.75, 3.05) is 6.61 Å². The van der Waals surface area contributed by atoms with E-state index in [1.54, 1.807) is 18.3 Å². The average Bonchev–Trinajstić information content (AvgIpc) is 3.63. The van der Waals surface area contributed by atoms with Crippen molar-refractivity contribution in [1.82, 2.24) is 9.99 Å². The number of hydrogen-bond donors (Lipinski definition) is 1. The van der Waals surface area contributed by atoms with Gasteiger partial charge in [-0.25, -0.2) is 5.43 Å². The van der Waals surface area contributed by atoms with Gasteiger partial charge < -0.3 is 23.2 Å². The zero-order valence-corrected chi connectivity index (χ0v) is 27.4. The third-order valence-corrected chi connectivity index (χ3v) is 7.69. The molecule has 1 N–H and O–H groups in total. The SMILES string of the molecule is CCOc1cc(/C=N/NC(=O)c2ccc(COc3ccc(-n4c(C)ccc4C)cc3)o2)cc(I)c1OCc1ccc(Cl)cc1. The van der Waals surface area contributed by atoms with E-state index in [9.17, 15) is 4.79 Å². The number of aromatic nitrogens is 1. The number of halogens is 2. The van der Waals surface area contributed by atoms with Crippen LogP contribution in [0.3, 0.4) is 0 Å². The number of aryl methyl sites for hydroxylation is 2. The highest BCUT2D eigenvalue weighted by Crippen LogP contribution is 2.34. The van der Waals surface area contributed by atoms with Crippen molar-refractivity contribution >= 4 is 46.3 Å². The summed E-state index contributed by atoms with van der Waals surface area (Å²) in [4.78, 5) is 12.6. The number of benzene rings is 3. The van der Waals surface area contributed by atoms with E-state index in [0.29, 0.717) is 41.2 Å². The molecule has 0 unspecified atom stereocenters. The molecule has 3 aromatic carbocycles. The fourth-order valence-electron chi connectivity index (χ4n) is 4.52. The van der Waals surface area contributed by atoms with Crippen molar-refractivity contribution in [2.45, 2.75) is 34.0 Å². The molecular formula is C34H31ClIN3O5. The summed E-state index contributed by atoms with van der Waals surface area (Å²) >= 11 is 8.17. The van der Waals surface area contributed by atoms with Crippen LogP contribution in [0, 0.1) is 17.4 Å². The number of hydrazone groups is 1. The minimum Gasteiger partial charge on any atom is -0.490 e. The Morgan fingerprint density at radius 1 is 0.932 bits per heavy atom. The van der Waals surface area contributed by atoms with Gasteiger partial charge in [-0.05, 0) is 127 Å². The highest BCUT2D eigenvalue weighted by atomic mass is 127. The first-order chi connectivity index (χ1) is 21.3. The van der Waals surface area contributed by atoms with Gasteiger partial charge >= 0.3 is 5.91 Å². The molecule has 5 aromatic rings. The van der Waals surface area contributed by atoms with Gasteiger partial charge in [-0.15, -0.1) is 0 Å². The van der Waals surface area contributed by atoms with Gasteiger partial charge in [-0.1, -0.05) is 23.7 Å². The fourth-order valence-corrected chi connectivity index (χ4v) is 5.43. The molecule has 0 bridgehead atoms. The van der Waals surface area contributed by atoms with Gasteiger partial charge in [-0.3, -0.25) is 4.79 Å². The van der Waals surface area contributed by atoms with Crippen LogP contribution >= 0.6 is 34.2 Å². The number of carbonyl (C=O) groups excluding carboxylic acids is 1. The molecule has 44 heavy (non-hydrogen) atoms. The number of rotatable bonds is 12. The number of ether oxygens (including phenoxy) is 3. The summed E-state index contributed by atoms with van der Waals surface area (Å²) in [6.45, 7) is 7.07. The van der Waals surface area contributed by atoms with E-state index >= 15 is 0 Å². The quantitative estimate of drug-likeness (QED) is 0.0796. The molecule has 0 saturated heterocycles. The summed E-state index contributed by atoms with van der Waals surface area (Å²) in [6, 6.07) is 26.5. The molecule has 0 aliphatic rings. The van der Waals surface area contributed by atoms with Crippen LogP contribution in [0.1, 0.15) is 45.8 Å². The van der Waals surface area contributed by atoms with E-state index in [1.165, 1.54) is 11.4 Å². The first-order valence-electron chi connectivity index (χ1n) is 13.9. The monoisotopic (exact) mass is 723 g/mol. The van der Waals surface area contributed by atoms with Crippen LogP contribution in [0.15, 0.2) is 94.4 Å². The molecular weight excluding hydrogens is 693 g/mol. The van der Waals surface area contributed by atoms with Crippen LogP contribution in [0.4, 0.5) is 0 Å². The maximum absolute atomic E-state index is 12.6. The Hall–Kier alpha value is -4.22. The van der Waals surface area contributed by atoms with Crippen molar-refractivity contribution in [3.05, 3.63) is 128 Å². The van der Waals surface area contributed by atoms with E-state index in [4.69, 9.17) is 30.2 Å². The minimum atomic E-state index is -0.475. The first kappa shape index (κ1) is 31.2. The lowest BCUT2D eigenvalue weighted by Gasteiger charge is -2.14. The lowest BCUT2D eigenvalue weighted by Crippen LogP contribution is -2.16. The molecule has 0 spiro atoms. The summed E-state index contributed by atoms with van der Waals surface area (Å²) in [6.07, 6.45) is 1.54. The lowest BCUT2D eigenvalue weighted by atomic mass is 10.2. The van der Waals surface area contributed by atoms with Crippen molar-refractivity contribution < 1.29 is 23.4 Å². The topological polar surface area (TPSA) is 87.2 Å². The van der Waals surface area contributed by atoms with E-state index in [2.05, 4.69) is 63.7 Å². The van der Waals surface area contributed by atoms with Gasteiger partial charge in [0.2, 0.25) is 0 Å². The van der Waals surface area contributed by atoms with Crippen molar-refractivity contribution in [3.8, 4) is 22.9 Å². The largest absolute Gasteiger partial charge is 0.490 e. The fraction of sp³-hybridized carbons (Fsp3) is 0.176. The predicted octanol–water partition coefficient (Wildman–Crippen LogP) is 8.27. The van der Waals surface area contributed by atoms with E-state index in [-0.39, 0.29) is 12.4 Å². The van der Waals surface area contributed by atoms with E-state index < -0.39 is 5.91 Å². The van der Waals surface area contributed by atoms with E-state index in [0.717, 1.165) is 20.4 Å². The molecule has 2 aromatic heterocycles. The molecule has 1 amide bonds. The molecule has 2 heterocycles. The number of nitrogens with zero attached hydrogens (tertiary/aromatic N) is 2. The van der Waals surface area contributed by atoms with Crippen LogP contribution in [0.2, 0.25) is 5.02 Å². The second-order valence-electron chi connectivity index (χ2n) is 9.88. The van der Waals surface area contributed by atoms with Gasteiger partial charge in [0.25, 0.3) is 0 Å². The summed E-state index contributed by atoms with van der Waals surface area (Å²) < 4.78 is 26.5. The van der Waals surface area contributed by atoms with Crippen molar-refractivity contribution in [2.24, 2.45) is 5.10 Å². The molecule has 5 rings (SSSR count). The summed E-state index contributed by atoms with van der Waals surface area (Å²) in [5.74, 6) is 2.09. The van der Waals surface area contributed by atoms with Crippen LogP contribution in [0.25, 0.3) is 5.69 Å². The molecule has 0 fully saturated rings. The summed E-state index contributed by atoms with van der Waals surface area (Å²) in [7, 11) is 0. The van der Waals surface area contributed by atoms with Crippen LogP contribution < -0.4 is 19.6 Å². The Morgan fingerprint density at radius 2 is 1.66 bits per heavy atom. The average molecular weight is 724 g/mol. The van der Waals surface area contributed by atoms with Gasteiger partial charge in [0.15, 0.2) is 17.3 Å². The van der Waals surface area contributed by atoms with E-state index in [1.807, 2.05) is 67.6 Å². The molecule has 0 atom stereocenters. The Bertz CT molecular complexity index is 1740. The Kier molecular flexibility index (Phi) is 10.3. The number of carbonyl (C=O) groups is 1. The van der Waals surface area contributed by atoms with Crippen molar-refractivity contribution in [3.63, 3.8) is 0 Å². The number of hydrogen-bond acceptors (Lipinski definition) is 6. The maximum atomic E-state index is 12.6. The maximum Gasteiger partial charge on any atom is 0.307 e. The van der Waals surface area contributed by atoms with Crippen molar-refractivity contribution in [1.29, 1.82) is 0 Å². The Morgan fingerprint density at radius 3 is 2.36 bits per heavy atom. The van der Waals surface area contributed by atoms with Gasteiger partial charge in [0.1, 0.15) is 24.7 Å². The molecule has 226 valence electrons. The zero-order valence-electron chi connectivity index (χ0n) is 24.5.